The second kappa shape index (κ2) is 7.59. The molecular weight excluding hydrogens is 362 g/mol. The smallest absolute Gasteiger partial charge is 0.344 e. The molecule has 0 aliphatic carbocycles. The van der Waals surface area contributed by atoms with Gasteiger partial charge in [-0.2, -0.15) is 5.01 Å². The van der Waals surface area contributed by atoms with E-state index in [1.165, 1.54) is 7.11 Å². The summed E-state index contributed by atoms with van der Waals surface area (Å²) < 4.78 is 10.5. The lowest BCUT2D eigenvalue weighted by Crippen LogP contribution is -2.49. The first kappa shape index (κ1) is 19.2. The van der Waals surface area contributed by atoms with E-state index in [2.05, 4.69) is 10.7 Å². The zero-order valence-corrected chi connectivity index (χ0v) is 15.8. The third kappa shape index (κ3) is 3.75. The summed E-state index contributed by atoms with van der Waals surface area (Å²) in [5.41, 5.74) is 2.63. The van der Waals surface area contributed by atoms with Gasteiger partial charge in [0.25, 0.3) is 11.8 Å². The Labute approximate surface area is 162 Å². The number of imide groups is 1. The molecular formula is C20H21N3O5. The Kier molecular flexibility index (Phi) is 5.21. The second-order valence-corrected chi connectivity index (χ2v) is 6.56. The fourth-order valence-electron chi connectivity index (χ4n) is 2.80. The third-order valence-corrected chi connectivity index (χ3v) is 4.49. The van der Waals surface area contributed by atoms with Gasteiger partial charge in [0.1, 0.15) is 17.0 Å². The molecule has 4 amide bonds. The molecule has 28 heavy (non-hydrogen) atoms. The Morgan fingerprint density at radius 1 is 1.07 bits per heavy atom. The van der Waals surface area contributed by atoms with Crippen LogP contribution in [0.1, 0.15) is 18.1 Å². The molecule has 1 fully saturated rings. The summed E-state index contributed by atoms with van der Waals surface area (Å²) in [5.74, 6) is -0.0713. The minimum Gasteiger partial charge on any atom is -0.497 e. The number of benzene rings is 2. The van der Waals surface area contributed by atoms with Gasteiger partial charge in [-0.1, -0.05) is 29.8 Å². The summed E-state index contributed by atoms with van der Waals surface area (Å²) in [6.07, 6.45) is 0. The quantitative estimate of drug-likeness (QED) is 0.743. The van der Waals surface area contributed by atoms with Crippen molar-refractivity contribution in [3.05, 3.63) is 59.7 Å². The molecule has 1 aliphatic rings. The van der Waals surface area contributed by atoms with Gasteiger partial charge in [-0.3, -0.25) is 15.0 Å². The highest BCUT2D eigenvalue weighted by Gasteiger charge is 2.50. The molecule has 2 N–H and O–H groups in total. The van der Waals surface area contributed by atoms with E-state index in [-0.39, 0.29) is 6.61 Å². The summed E-state index contributed by atoms with van der Waals surface area (Å²) in [6.45, 7) is 3.18. The van der Waals surface area contributed by atoms with Crippen molar-refractivity contribution >= 4 is 17.8 Å². The topological polar surface area (TPSA) is 97.0 Å². The molecule has 3 rings (SSSR count). The maximum atomic E-state index is 12.8. The fraction of sp³-hybridized carbons (Fsp3) is 0.250. The number of nitrogens with one attached hydrogen (secondary N) is 2. The third-order valence-electron chi connectivity index (χ3n) is 4.49. The fourth-order valence-corrected chi connectivity index (χ4v) is 2.80. The zero-order chi connectivity index (χ0) is 20.3. The second-order valence-electron chi connectivity index (χ2n) is 6.56. The van der Waals surface area contributed by atoms with Crippen LogP contribution in [-0.2, 0) is 15.1 Å². The van der Waals surface area contributed by atoms with Crippen molar-refractivity contribution in [1.29, 1.82) is 0 Å². The number of nitrogens with zero attached hydrogens (tertiary/aromatic N) is 1. The van der Waals surface area contributed by atoms with Gasteiger partial charge >= 0.3 is 6.03 Å². The molecule has 0 spiro atoms. The van der Waals surface area contributed by atoms with Crippen molar-refractivity contribution in [3.63, 3.8) is 0 Å². The molecule has 0 saturated carbocycles. The van der Waals surface area contributed by atoms with Crippen molar-refractivity contribution in [2.24, 2.45) is 0 Å². The highest BCUT2D eigenvalue weighted by molar-refractivity contribution is 6.08. The standard InChI is InChI=1S/C20H21N3O5/c1-13-4-8-16(9-5-13)28-12-17(24)22-23-18(25)20(2,21-19(23)26)14-6-10-15(27-3)11-7-14/h4-11H,12H2,1-3H3,(H,21,26)(H,22,24)/t20-/m1/s1. The van der Waals surface area contributed by atoms with Crippen LogP contribution in [0.4, 0.5) is 4.79 Å². The lowest BCUT2D eigenvalue weighted by Gasteiger charge is -2.22. The Bertz CT molecular complexity index is 895. The monoisotopic (exact) mass is 383 g/mol. The van der Waals surface area contributed by atoms with Crippen LogP contribution in [0.5, 0.6) is 11.5 Å². The SMILES string of the molecule is COc1ccc([C@@]2(C)NC(=O)N(NC(=O)COc3ccc(C)cc3)C2=O)cc1. The van der Waals surface area contributed by atoms with E-state index in [1.54, 1.807) is 43.3 Å². The number of aryl methyl sites for hydroxylation is 1. The molecule has 1 heterocycles. The number of rotatable bonds is 6. The van der Waals surface area contributed by atoms with Crippen LogP contribution in [0.2, 0.25) is 0 Å². The van der Waals surface area contributed by atoms with E-state index in [0.717, 1.165) is 5.56 Å². The number of carbonyl (C=O) groups excluding carboxylic acids is 3. The van der Waals surface area contributed by atoms with E-state index >= 15 is 0 Å². The van der Waals surface area contributed by atoms with Gasteiger partial charge in [0.15, 0.2) is 6.61 Å². The van der Waals surface area contributed by atoms with Crippen molar-refractivity contribution < 1.29 is 23.9 Å². The van der Waals surface area contributed by atoms with Crippen LogP contribution in [-0.4, -0.2) is 36.6 Å². The van der Waals surface area contributed by atoms with Crippen molar-refractivity contribution in [1.82, 2.24) is 15.8 Å². The summed E-state index contributed by atoms with van der Waals surface area (Å²) in [6, 6.07) is 13.2. The zero-order valence-electron chi connectivity index (χ0n) is 15.8. The molecule has 1 saturated heterocycles. The number of hydrogen-bond donors (Lipinski definition) is 2. The highest BCUT2D eigenvalue weighted by Crippen LogP contribution is 2.29. The summed E-state index contributed by atoms with van der Waals surface area (Å²) in [5, 5.41) is 3.28. The first-order chi connectivity index (χ1) is 13.3. The minimum absolute atomic E-state index is 0.334. The molecule has 0 unspecified atom stereocenters. The van der Waals surface area contributed by atoms with E-state index in [4.69, 9.17) is 9.47 Å². The average molecular weight is 383 g/mol. The molecule has 8 nitrogen and oxygen atoms in total. The normalized spacial score (nSPS) is 18.6. The Balaban J connectivity index is 1.65. The summed E-state index contributed by atoms with van der Waals surface area (Å²) in [4.78, 5) is 37.2. The van der Waals surface area contributed by atoms with Crippen LogP contribution < -0.4 is 20.2 Å². The number of amides is 4. The van der Waals surface area contributed by atoms with Crippen LogP contribution in [0.25, 0.3) is 0 Å². The lowest BCUT2D eigenvalue weighted by atomic mass is 9.92. The first-order valence-electron chi connectivity index (χ1n) is 8.63. The molecule has 0 radical (unpaired) electrons. The van der Waals surface area contributed by atoms with Gasteiger partial charge in [0, 0.05) is 0 Å². The molecule has 0 aromatic heterocycles. The molecule has 2 aromatic carbocycles. The van der Waals surface area contributed by atoms with E-state index in [0.29, 0.717) is 22.1 Å². The predicted octanol–water partition coefficient (Wildman–Crippen LogP) is 1.88. The predicted molar refractivity (Wildman–Crippen MR) is 101 cm³/mol. The summed E-state index contributed by atoms with van der Waals surface area (Å²) >= 11 is 0. The van der Waals surface area contributed by atoms with Crippen LogP contribution >= 0.6 is 0 Å². The van der Waals surface area contributed by atoms with Gasteiger partial charge in [0.05, 0.1) is 7.11 Å². The van der Waals surface area contributed by atoms with E-state index in [9.17, 15) is 14.4 Å². The molecule has 2 aromatic rings. The largest absolute Gasteiger partial charge is 0.497 e. The number of ether oxygens (including phenoxy) is 2. The Morgan fingerprint density at radius 2 is 1.68 bits per heavy atom. The van der Waals surface area contributed by atoms with Crippen molar-refractivity contribution in [3.8, 4) is 11.5 Å². The average Bonchev–Trinajstić information content (AvgIpc) is 2.91. The van der Waals surface area contributed by atoms with E-state index in [1.807, 2.05) is 19.1 Å². The van der Waals surface area contributed by atoms with Crippen LogP contribution in [0.15, 0.2) is 48.5 Å². The molecule has 0 bridgehead atoms. The van der Waals surface area contributed by atoms with Gasteiger partial charge < -0.3 is 14.8 Å². The lowest BCUT2D eigenvalue weighted by molar-refractivity contribution is -0.139. The van der Waals surface area contributed by atoms with Crippen molar-refractivity contribution in [2.45, 2.75) is 19.4 Å². The number of hydrazine groups is 1. The maximum absolute atomic E-state index is 12.8. The Hall–Kier alpha value is -3.55. The van der Waals surface area contributed by atoms with Gasteiger partial charge in [-0.15, -0.1) is 0 Å². The molecule has 8 heteroatoms. The van der Waals surface area contributed by atoms with Crippen molar-refractivity contribution in [2.75, 3.05) is 13.7 Å². The summed E-state index contributed by atoms with van der Waals surface area (Å²) in [7, 11) is 1.54. The van der Waals surface area contributed by atoms with Gasteiger partial charge in [0.2, 0.25) is 0 Å². The van der Waals surface area contributed by atoms with Crippen LogP contribution in [0, 0.1) is 6.92 Å². The Morgan fingerprint density at radius 3 is 2.29 bits per heavy atom. The highest BCUT2D eigenvalue weighted by atomic mass is 16.5. The van der Waals surface area contributed by atoms with Crippen LogP contribution in [0.3, 0.4) is 0 Å². The molecule has 1 aliphatic heterocycles. The van der Waals surface area contributed by atoms with E-state index < -0.39 is 23.4 Å². The number of hydrogen-bond acceptors (Lipinski definition) is 5. The van der Waals surface area contributed by atoms with Gasteiger partial charge in [-0.25, -0.2) is 4.79 Å². The molecule has 146 valence electrons. The minimum atomic E-state index is -1.30. The molecule has 1 atom stereocenters. The number of urea groups is 1. The maximum Gasteiger partial charge on any atom is 0.344 e. The number of methoxy groups -OCH3 is 1. The number of carbonyl (C=O) groups is 3. The first-order valence-corrected chi connectivity index (χ1v) is 8.63. The van der Waals surface area contributed by atoms with Gasteiger partial charge in [-0.05, 0) is 43.7 Å².